The summed E-state index contributed by atoms with van der Waals surface area (Å²) in [4.78, 5) is 12.3. The highest BCUT2D eigenvalue weighted by Gasteiger charge is 2.19. The van der Waals surface area contributed by atoms with Crippen molar-refractivity contribution in [1.82, 2.24) is 4.73 Å². The fraction of sp³-hybridized carbons (Fsp3) is 0.0952. The Labute approximate surface area is 173 Å². The van der Waals surface area contributed by atoms with Gasteiger partial charge in [-0.15, -0.1) is 4.73 Å². The summed E-state index contributed by atoms with van der Waals surface area (Å²) in [5.41, 5.74) is 1.19. The van der Waals surface area contributed by atoms with Crippen LogP contribution in [0.4, 0.5) is 0 Å². The monoisotopic (exact) mass is 431 g/mol. The molecule has 0 unspecified atom stereocenters. The largest absolute Gasteiger partial charge is 0.497 e. The molecule has 3 rings (SSSR count). The molecule has 8 heteroatoms. The van der Waals surface area contributed by atoms with E-state index in [4.69, 9.17) is 20.6 Å². The second kappa shape index (κ2) is 8.55. The minimum Gasteiger partial charge on any atom is -0.497 e. The Kier molecular flexibility index (Phi) is 6.10. The van der Waals surface area contributed by atoms with E-state index in [1.54, 1.807) is 44.4 Å². The van der Waals surface area contributed by atoms with Crippen molar-refractivity contribution in [2.24, 2.45) is 0 Å². The first kappa shape index (κ1) is 20.7. The average Bonchev–Trinajstić information content (AvgIpc) is 2.69. The van der Waals surface area contributed by atoms with E-state index >= 15 is 0 Å². The lowest BCUT2D eigenvalue weighted by atomic mass is 10.1. The molecule has 2 aromatic carbocycles. The highest BCUT2D eigenvalue weighted by atomic mass is 35.5. The Morgan fingerprint density at radius 2 is 1.62 bits per heavy atom. The first-order valence-corrected chi connectivity index (χ1v) is 10.3. The molecule has 0 fully saturated rings. The van der Waals surface area contributed by atoms with Crippen LogP contribution in [0.2, 0.25) is 5.02 Å². The maximum atomic E-state index is 12.6. The molecule has 0 amide bonds. The van der Waals surface area contributed by atoms with Crippen molar-refractivity contribution in [2.75, 3.05) is 7.11 Å². The Balaban J connectivity index is 1.97. The zero-order valence-corrected chi connectivity index (χ0v) is 17.3. The maximum Gasteiger partial charge on any atom is 0.357 e. The van der Waals surface area contributed by atoms with Crippen molar-refractivity contribution in [3.05, 3.63) is 92.9 Å². The number of aryl methyl sites for hydroxylation is 1. The van der Waals surface area contributed by atoms with Crippen LogP contribution in [0.5, 0.6) is 5.75 Å². The number of pyridine rings is 1. The number of hydrogen-bond acceptors (Lipinski definition) is 5. The molecule has 150 valence electrons. The van der Waals surface area contributed by atoms with Gasteiger partial charge in [0.1, 0.15) is 10.6 Å². The Morgan fingerprint density at radius 1 is 0.966 bits per heavy atom. The zero-order chi connectivity index (χ0) is 21.0. The molecule has 0 saturated carbocycles. The molecule has 6 nitrogen and oxygen atoms in total. The lowest BCUT2D eigenvalue weighted by Crippen LogP contribution is -2.32. The molecule has 0 radical (unpaired) electrons. The summed E-state index contributed by atoms with van der Waals surface area (Å²) in [6, 6.07) is 15.7. The van der Waals surface area contributed by atoms with Crippen LogP contribution in [0.1, 0.15) is 16.8 Å². The third-order valence-corrected chi connectivity index (χ3v) is 5.45. The number of rotatable bonds is 6. The summed E-state index contributed by atoms with van der Waals surface area (Å²) in [6.45, 7) is 1.74. The van der Waals surface area contributed by atoms with Crippen molar-refractivity contribution in [3.63, 3.8) is 0 Å². The van der Waals surface area contributed by atoms with Gasteiger partial charge < -0.3 is 4.74 Å². The lowest BCUT2D eigenvalue weighted by Gasteiger charge is -2.12. The second-order valence-corrected chi connectivity index (χ2v) is 8.14. The van der Waals surface area contributed by atoms with Crippen LogP contribution in [-0.4, -0.2) is 20.3 Å². The topological polar surface area (TPSA) is 74.6 Å². The van der Waals surface area contributed by atoms with Crippen LogP contribution in [-0.2, 0) is 10.1 Å². The molecule has 0 saturated heterocycles. The van der Waals surface area contributed by atoms with Crippen molar-refractivity contribution in [1.29, 1.82) is 0 Å². The van der Waals surface area contributed by atoms with Gasteiger partial charge in [0.15, 0.2) is 0 Å². The molecular weight excluding hydrogens is 414 g/mol. The van der Waals surface area contributed by atoms with Gasteiger partial charge in [0.2, 0.25) is 0 Å². The number of ether oxygens (including phenoxy) is 1. The third kappa shape index (κ3) is 5.07. The Hall–Kier alpha value is -3.03. The molecule has 29 heavy (non-hydrogen) atoms. The minimum absolute atomic E-state index is 0.112. The highest BCUT2D eigenvalue weighted by Crippen LogP contribution is 2.17. The smallest absolute Gasteiger partial charge is 0.357 e. The van der Waals surface area contributed by atoms with Gasteiger partial charge >= 0.3 is 10.1 Å². The van der Waals surface area contributed by atoms with Crippen molar-refractivity contribution < 1.29 is 17.4 Å². The fourth-order valence-electron chi connectivity index (χ4n) is 2.55. The molecule has 0 aliphatic rings. The summed E-state index contributed by atoms with van der Waals surface area (Å²) in [7, 11) is -2.65. The Bertz CT molecular complexity index is 1200. The standard InChI is InChI=1S/C21H18ClNO5S/c1-15-13-18(8-3-16-4-9-19(27-2)10-5-16)23(21(24)14-15)28-29(25,26)20-11-6-17(22)7-12-20/h3-14H,1-2H3. The van der Waals surface area contributed by atoms with Crippen LogP contribution < -0.4 is 14.6 Å². The maximum absolute atomic E-state index is 12.6. The molecular formula is C21H18ClNO5S. The quantitative estimate of drug-likeness (QED) is 0.593. The van der Waals surface area contributed by atoms with Crippen molar-refractivity contribution in [3.8, 4) is 5.75 Å². The van der Waals surface area contributed by atoms with Crippen LogP contribution in [0.3, 0.4) is 0 Å². The number of halogens is 1. The number of aromatic nitrogens is 1. The number of hydrogen-bond donors (Lipinski definition) is 0. The zero-order valence-electron chi connectivity index (χ0n) is 15.7. The van der Waals surface area contributed by atoms with Gasteiger partial charge in [-0.2, -0.15) is 8.42 Å². The third-order valence-electron chi connectivity index (χ3n) is 4.00. The predicted octanol–water partition coefficient (Wildman–Crippen LogP) is 3.81. The van der Waals surface area contributed by atoms with E-state index in [-0.39, 0.29) is 10.6 Å². The first-order valence-electron chi connectivity index (χ1n) is 8.55. The molecule has 0 atom stereocenters. The first-order chi connectivity index (χ1) is 13.8. The summed E-state index contributed by atoms with van der Waals surface area (Å²) in [6.07, 6.45) is 3.34. The van der Waals surface area contributed by atoms with E-state index in [1.807, 2.05) is 12.1 Å². The van der Waals surface area contributed by atoms with Gasteiger partial charge in [0, 0.05) is 11.1 Å². The van der Waals surface area contributed by atoms with Gasteiger partial charge in [-0.1, -0.05) is 29.8 Å². The van der Waals surface area contributed by atoms with Crippen LogP contribution in [0, 0.1) is 6.92 Å². The fourth-order valence-corrected chi connectivity index (χ4v) is 3.59. The molecule has 0 aliphatic carbocycles. The molecule has 3 aromatic rings. The van der Waals surface area contributed by atoms with E-state index in [2.05, 4.69) is 0 Å². The lowest BCUT2D eigenvalue weighted by molar-refractivity contribution is 0.264. The molecule has 0 bridgehead atoms. The van der Waals surface area contributed by atoms with Gasteiger partial charge in [-0.3, -0.25) is 9.08 Å². The summed E-state index contributed by atoms with van der Waals surface area (Å²) in [5.74, 6) is 0.715. The SMILES string of the molecule is COc1ccc(C=Cc2cc(C)cc(=O)n2OS(=O)(=O)c2ccc(Cl)cc2)cc1. The van der Waals surface area contributed by atoms with E-state index < -0.39 is 15.7 Å². The summed E-state index contributed by atoms with van der Waals surface area (Å²) >= 11 is 5.80. The van der Waals surface area contributed by atoms with Crippen molar-refractivity contribution >= 4 is 33.9 Å². The van der Waals surface area contributed by atoms with Gasteiger partial charge in [0.05, 0.1) is 12.8 Å². The van der Waals surface area contributed by atoms with Crippen LogP contribution >= 0.6 is 11.6 Å². The number of methoxy groups -OCH3 is 1. The van der Waals surface area contributed by atoms with Gasteiger partial charge in [0.25, 0.3) is 5.56 Å². The summed E-state index contributed by atoms with van der Waals surface area (Å²) in [5, 5.41) is 0.388. The highest BCUT2D eigenvalue weighted by molar-refractivity contribution is 7.87. The van der Waals surface area contributed by atoms with E-state index in [0.717, 1.165) is 10.3 Å². The molecule has 1 aromatic heterocycles. The molecule has 0 spiro atoms. The molecule has 0 N–H and O–H groups in total. The summed E-state index contributed by atoms with van der Waals surface area (Å²) < 4.78 is 36.2. The average molecular weight is 432 g/mol. The number of benzene rings is 2. The van der Waals surface area contributed by atoms with E-state index in [9.17, 15) is 13.2 Å². The molecule has 0 aliphatic heterocycles. The van der Waals surface area contributed by atoms with E-state index in [0.29, 0.717) is 16.3 Å². The van der Waals surface area contributed by atoms with Gasteiger partial charge in [-0.25, -0.2) is 0 Å². The second-order valence-electron chi connectivity index (χ2n) is 6.18. The van der Waals surface area contributed by atoms with Crippen LogP contribution in [0.15, 0.2) is 70.4 Å². The number of nitrogens with zero attached hydrogens (tertiary/aromatic N) is 1. The Morgan fingerprint density at radius 3 is 2.24 bits per heavy atom. The van der Waals surface area contributed by atoms with E-state index in [1.165, 1.54) is 30.3 Å². The predicted molar refractivity (Wildman–Crippen MR) is 113 cm³/mol. The van der Waals surface area contributed by atoms with Crippen LogP contribution in [0.25, 0.3) is 12.2 Å². The minimum atomic E-state index is -4.23. The van der Waals surface area contributed by atoms with Gasteiger partial charge in [-0.05, 0) is 66.6 Å². The van der Waals surface area contributed by atoms with Crippen molar-refractivity contribution in [2.45, 2.75) is 11.8 Å². The normalized spacial score (nSPS) is 11.6. The molecule has 1 heterocycles.